The van der Waals surface area contributed by atoms with E-state index >= 15 is 0 Å². The SMILES string of the molecule is C#Cc1ccc(C(=O)Nc2ccc(F)c([C@@]3(C)N=C(N)OCC3(F)F)c2)nc1. The molecule has 1 amide bonds. The van der Waals surface area contributed by atoms with Crippen LogP contribution in [0.3, 0.4) is 0 Å². The second kappa shape index (κ2) is 6.88. The number of benzene rings is 1. The molecule has 3 N–H and O–H groups in total. The number of pyridine rings is 1. The van der Waals surface area contributed by atoms with Crippen LogP contribution in [0.25, 0.3) is 0 Å². The van der Waals surface area contributed by atoms with E-state index in [-0.39, 0.29) is 11.4 Å². The number of anilines is 1. The molecule has 0 fully saturated rings. The van der Waals surface area contributed by atoms with Crippen molar-refractivity contribution in [3.8, 4) is 12.3 Å². The van der Waals surface area contributed by atoms with Crippen LogP contribution >= 0.6 is 0 Å². The summed E-state index contributed by atoms with van der Waals surface area (Å²) in [7, 11) is 0. The summed E-state index contributed by atoms with van der Waals surface area (Å²) in [6.07, 6.45) is 6.57. The van der Waals surface area contributed by atoms with Gasteiger partial charge in [0.1, 0.15) is 11.5 Å². The number of hydrogen-bond acceptors (Lipinski definition) is 5. The maximum atomic E-state index is 14.5. The third-order valence-electron chi connectivity index (χ3n) is 4.36. The summed E-state index contributed by atoms with van der Waals surface area (Å²) >= 11 is 0. The zero-order valence-electron chi connectivity index (χ0n) is 14.7. The molecular weight excluding hydrogens is 373 g/mol. The molecule has 3 rings (SSSR count). The lowest BCUT2D eigenvalue weighted by atomic mass is 9.85. The van der Waals surface area contributed by atoms with Crippen LogP contribution in [0.4, 0.5) is 18.9 Å². The molecule has 6 nitrogen and oxygen atoms in total. The average Bonchev–Trinajstić information content (AvgIpc) is 2.66. The molecule has 1 aromatic heterocycles. The molecule has 2 heterocycles. The van der Waals surface area contributed by atoms with Crippen LogP contribution in [-0.4, -0.2) is 29.4 Å². The number of carbonyl (C=O) groups is 1. The fourth-order valence-electron chi connectivity index (χ4n) is 2.68. The van der Waals surface area contributed by atoms with Crippen molar-refractivity contribution in [3.05, 3.63) is 59.2 Å². The molecule has 1 aliphatic rings. The molecule has 1 aliphatic heterocycles. The van der Waals surface area contributed by atoms with Gasteiger partial charge in [-0.2, -0.15) is 8.78 Å². The minimum absolute atomic E-state index is 0.0507. The van der Waals surface area contributed by atoms with Gasteiger partial charge in [0.2, 0.25) is 0 Å². The number of terminal acetylenes is 1. The average molecular weight is 388 g/mol. The molecule has 9 heteroatoms. The van der Waals surface area contributed by atoms with E-state index < -0.39 is 41.4 Å². The number of ether oxygens (including phenoxy) is 1. The number of nitrogens with one attached hydrogen (secondary N) is 1. The second-order valence-corrected chi connectivity index (χ2v) is 6.24. The van der Waals surface area contributed by atoms with Gasteiger partial charge in [0.25, 0.3) is 11.9 Å². The highest BCUT2D eigenvalue weighted by Gasteiger charge is 2.56. The Morgan fingerprint density at radius 2 is 2.11 bits per heavy atom. The van der Waals surface area contributed by atoms with Gasteiger partial charge in [-0.15, -0.1) is 6.42 Å². The number of amidine groups is 1. The largest absolute Gasteiger partial charge is 0.459 e. The molecular formula is C19H15F3N4O2. The monoisotopic (exact) mass is 388 g/mol. The van der Waals surface area contributed by atoms with Crippen LogP contribution in [0.1, 0.15) is 28.5 Å². The first-order valence-electron chi connectivity index (χ1n) is 8.06. The van der Waals surface area contributed by atoms with E-state index in [9.17, 15) is 18.0 Å². The molecule has 28 heavy (non-hydrogen) atoms. The highest BCUT2D eigenvalue weighted by Crippen LogP contribution is 2.44. The number of aliphatic imine (C=N–C) groups is 1. The zero-order valence-corrected chi connectivity index (χ0v) is 14.7. The number of carbonyl (C=O) groups excluding carboxylic acids is 1. The maximum absolute atomic E-state index is 14.5. The summed E-state index contributed by atoms with van der Waals surface area (Å²) in [5.41, 5.74) is 3.31. The topological polar surface area (TPSA) is 89.6 Å². The number of alkyl halides is 2. The van der Waals surface area contributed by atoms with Gasteiger partial charge in [0.05, 0.1) is 0 Å². The van der Waals surface area contributed by atoms with Gasteiger partial charge in [0, 0.05) is 23.0 Å². The van der Waals surface area contributed by atoms with E-state index in [0.29, 0.717) is 5.56 Å². The fourth-order valence-corrected chi connectivity index (χ4v) is 2.68. The maximum Gasteiger partial charge on any atom is 0.310 e. The lowest BCUT2D eigenvalue weighted by molar-refractivity contribution is -0.117. The predicted molar refractivity (Wildman–Crippen MR) is 96.4 cm³/mol. The predicted octanol–water partition coefficient (Wildman–Crippen LogP) is 2.65. The molecule has 0 unspecified atom stereocenters. The van der Waals surface area contributed by atoms with Gasteiger partial charge in [0.15, 0.2) is 12.1 Å². The minimum Gasteiger partial charge on any atom is -0.459 e. The molecule has 1 aromatic carbocycles. The van der Waals surface area contributed by atoms with Gasteiger partial charge in [-0.3, -0.25) is 4.79 Å². The first-order valence-corrected chi connectivity index (χ1v) is 8.06. The highest BCUT2D eigenvalue weighted by atomic mass is 19.3. The first-order chi connectivity index (χ1) is 13.2. The van der Waals surface area contributed by atoms with Crippen molar-refractivity contribution < 1.29 is 22.7 Å². The smallest absolute Gasteiger partial charge is 0.310 e. The van der Waals surface area contributed by atoms with Gasteiger partial charge in [-0.05, 0) is 37.3 Å². The highest BCUT2D eigenvalue weighted by molar-refractivity contribution is 6.02. The summed E-state index contributed by atoms with van der Waals surface area (Å²) in [5, 5.41) is 2.48. The molecule has 0 aliphatic carbocycles. The van der Waals surface area contributed by atoms with E-state index in [0.717, 1.165) is 19.1 Å². The molecule has 144 valence electrons. The molecule has 0 spiro atoms. The summed E-state index contributed by atoms with van der Waals surface area (Å²) in [4.78, 5) is 19.9. The Morgan fingerprint density at radius 3 is 2.75 bits per heavy atom. The lowest BCUT2D eigenvalue weighted by Crippen LogP contribution is -2.51. The Labute approximate surface area is 158 Å². The minimum atomic E-state index is -3.52. The quantitative estimate of drug-likeness (QED) is 0.791. The van der Waals surface area contributed by atoms with Crippen molar-refractivity contribution >= 4 is 17.6 Å². The molecule has 2 aromatic rings. The molecule has 0 saturated heterocycles. The van der Waals surface area contributed by atoms with E-state index in [1.54, 1.807) is 0 Å². The van der Waals surface area contributed by atoms with Gasteiger partial charge in [-0.25, -0.2) is 14.4 Å². The molecule has 1 atom stereocenters. The van der Waals surface area contributed by atoms with Gasteiger partial charge >= 0.3 is 5.92 Å². The van der Waals surface area contributed by atoms with Crippen LogP contribution in [0.5, 0.6) is 0 Å². The number of nitrogens with zero attached hydrogens (tertiary/aromatic N) is 2. The molecule has 0 saturated carbocycles. The van der Waals surface area contributed by atoms with Crippen molar-refractivity contribution in [3.63, 3.8) is 0 Å². The Morgan fingerprint density at radius 1 is 1.36 bits per heavy atom. The zero-order chi connectivity index (χ0) is 20.5. The number of rotatable bonds is 3. The van der Waals surface area contributed by atoms with Gasteiger partial charge < -0.3 is 15.8 Å². The number of amides is 1. The third-order valence-corrected chi connectivity index (χ3v) is 4.36. The van der Waals surface area contributed by atoms with E-state index in [4.69, 9.17) is 12.2 Å². The van der Waals surface area contributed by atoms with Crippen molar-refractivity contribution in [1.82, 2.24) is 4.98 Å². The summed E-state index contributed by atoms with van der Waals surface area (Å²) in [5.74, 6) is -2.69. The summed E-state index contributed by atoms with van der Waals surface area (Å²) in [6.45, 7) is 0.00675. The lowest BCUT2D eigenvalue weighted by Gasteiger charge is -2.37. The number of hydrogen-bond donors (Lipinski definition) is 2. The number of nitrogens with two attached hydrogens (primary N) is 1. The van der Waals surface area contributed by atoms with Crippen molar-refractivity contribution in [2.45, 2.75) is 18.4 Å². The second-order valence-electron chi connectivity index (χ2n) is 6.24. The van der Waals surface area contributed by atoms with Crippen LogP contribution in [-0.2, 0) is 10.3 Å². The normalized spacial score (nSPS) is 20.5. The summed E-state index contributed by atoms with van der Waals surface area (Å²) < 4.78 is 47.9. The van der Waals surface area contributed by atoms with Crippen molar-refractivity contribution in [2.75, 3.05) is 11.9 Å². The van der Waals surface area contributed by atoms with E-state index in [2.05, 4.69) is 26.0 Å². The molecule has 0 bridgehead atoms. The van der Waals surface area contributed by atoms with Crippen LogP contribution in [0.2, 0.25) is 0 Å². The fraction of sp³-hybridized carbons (Fsp3) is 0.211. The van der Waals surface area contributed by atoms with Crippen molar-refractivity contribution in [1.29, 1.82) is 0 Å². The molecule has 0 radical (unpaired) electrons. The van der Waals surface area contributed by atoms with Crippen LogP contribution in [0.15, 0.2) is 41.5 Å². The Bertz CT molecular complexity index is 999. The van der Waals surface area contributed by atoms with Crippen molar-refractivity contribution in [2.24, 2.45) is 10.7 Å². The van der Waals surface area contributed by atoms with E-state index in [1.165, 1.54) is 24.4 Å². The summed E-state index contributed by atoms with van der Waals surface area (Å²) in [6, 6.07) is 5.74. The van der Waals surface area contributed by atoms with Gasteiger partial charge in [-0.1, -0.05) is 5.92 Å². The van der Waals surface area contributed by atoms with E-state index in [1.807, 2.05) is 0 Å². The van der Waals surface area contributed by atoms with Crippen LogP contribution < -0.4 is 11.1 Å². The Hall–Kier alpha value is -3.54. The number of halogens is 3. The number of aromatic nitrogens is 1. The van der Waals surface area contributed by atoms with Crippen LogP contribution in [0, 0.1) is 18.2 Å². The Balaban J connectivity index is 1.94. The standard InChI is InChI=1S/C19H15F3N4O2/c1-3-11-4-7-15(24-9-11)16(27)25-12-5-6-14(20)13(8-12)18(2)19(21,22)10-28-17(23)26-18/h1,4-9H,10H2,2H3,(H2,23,26)(H,25,27)/t18-/m1/s1. The Kier molecular flexibility index (Phi) is 4.73. The first kappa shape index (κ1) is 19.2. The third kappa shape index (κ3) is 3.36.